The highest BCUT2D eigenvalue weighted by Gasteiger charge is 2.47. The molecule has 3 heteroatoms. The Kier molecular flexibility index (Phi) is 6.93. The Bertz CT molecular complexity index is 607. The monoisotopic (exact) mass is 356 g/mol. The van der Waals surface area contributed by atoms with E-state index in [9.17, 15) is 10.2 Å². The third kappa shape index (κ3) is 4.99. The maximum absolute atomic E-state index is 10.4. The van der Waals surface area contributed by atoms with Crippen molar-refractivity contribution in [3.8, 4) is 0 Å². The predicted octanol–water partition coefficient (Wildman–Crippen LogP) is 4.96. The standard InChI is InChI=1S/C23H32O3/c1-2-18(24)10-6-7-11-20-21(23-15-14-22(20)26-23)13-12-19(25)16-17-8-4-3-5-9-17/h2-9,19-25H,10-16H2,1H3/b7-6-,18-2+/t19?,20-,21+,22-,23+/m1/s1. The Morgan fingerprint density at radius 2 is 1.88 bits per heavy atom. The third-order valence-corrected chi connectivity index (χ3v) is 5.97. The Morgan fingerprint density at radius 1 is 1.15 bits per heavy atom. The summed E-state index contributed by atoms with van der Waals surface area (Å²) in [5, 5.41) is 20.0. The van der Waals surface area contributed by atoms with Gasteiger partial charge in [0, 0.05) is 6.42 Å². The summed E-state index contributed by atoms with van der Waals surface area (Å²) in [6.07, 6.45) is 13.1. The summed E-state index contributed by atoms with van der Waals surface area (Å²) in [6.45, 7) is 1.85. The average molecular weight is 357 g/mol. The largest absolute Gasteiger partial charge is 0.512 e. The van der Waals surface area contributed by atoms with Crippen LogP contribution in [0.3, 0.4) is 0 Å². The Balaban J connectivity index is 1.49. The molecule has 5 atom stereocenters. The number of allylic oxidation sites excluding steroid dienone is 3. The van der Waals surface area contributed by atoms with Crippen LogP contribution in [0.15, 0.2) is 54.3 Å². The second kappa shape index (κ2) is 9.38. The number of rotatable bonds is 9. The van der Waals surface area contributed by atoms with Gasteiger partial charge in [-0.1, -0.05) is 42.5 Å². The van der Waals surface area contributed by atoms with Crippen molar-refractivity contribution < 1.29 is 14.9 Å². The lowest BCUT2D eigenvalue weighted by atomic mass is 9.75. The number of hydrogen-bond donors (Lipinski definition) is 2. The van der Waals surface area contributed by atoms with Gasteiger partial charge in [0.25, 0.3) is 0 Å². The van der Waals surface area contributed by atoms with Gasteiger partial charge in [-0.05, 0) is 68.9 Å². The van der Waals surface area contributed by atoms with Gasteiger partial charge in [-0.3, -0.25) is 0 Å². The molecule has 0 aromatic heterocycles. The van der Waals surface area contributed by atoms with Gasteiger partial charge in [-0.25, -0.2) is 0 Å². The first-order valence-electron chi connectivity index (χ1n) is 10.0. The molecule has 2 N–H and O–H groups in total. The molecule has 0 saturated carbocycles. The Hall–Kier alpha value is -1.58. The minimum atomic E-state index is -0.278. The lowest BCUT2D eigenvalue weighted by molar-refractivity contribution is 0.0837. The highest BCUT2D eigenvalue weighted by Crippen LogP contribution is 2.47. The average Bonchev–Trinajstić information content (AvgIpc) is 3.25. The fourth-order valence-corrected chi connectivity index (χ4v) is 4.55. The SMILES string of the molecule is C/C=C(/O)C/C=C\C[C@@H]1[C@H](CCC(O)Cc2ccccc2)[C@@H]2CC[C@H]1O2. The molecule has 3 rings (SSSR count). The van der Waals surface area contributed by atoms with Gasteiger partial charge in [0.1, 0.15) is 0 Å². The van der Waals surface area contributed by atoms with Crippen LogP contribution in [0.2, 0.25) is 0 Å². The summed E-state index contributed by atoms with van der Waals surface area (Å²) in [5.41, 5.74) is 1.20. The van der Waals surface area contributed by atoms with Gasteiger partial charge in [-0.2, -0.15) is 0 Å². The van der Waals surface area contributed by atoms with Crippen molar-refractivity contribution in [2.45, 2.75) is 70.2 Å². The number of ether oxygens (including phenoxy) is 1. The second-order valence-electron chi connectivity index (χ2n) is 7.73. The van der Waals surface area contributed by atoms with Crippen LogP contribution in [-0.4, -0.2) is 28.5 Å². The van der Waals surface area contributed by atoms with Gasteiger partial charge in [0.2, 0.25) is 0 Å². The topological polar surface area (TPSA) is 49.7 Å². The van der Waals surface area contributed by atoms with Crippen LogP contribution in [0.4, 0.5) is 0 Å². The summed E-state index contributed by atoms with van der Waals surface area (Å²) in [6, 6.07) is 10.2. The zero-order chi connectivity index (χ0) is 18.4. The predicted molar refractivity (Wildman–Crippen MR) is 105 cm³/mol. The number of aliphatic hydroxyl groups excluding tert-OH is 2. The molecule has 2 bridgehead atoms. The number of benzene rings is 1. The summed E-state index contributed by atoms with van der Waals surface area (Å²) in [5.74, 6) is 1.53. The van der Waals surface area contributed by atoms with Crippen molar-refractivity contribution >= 4 is 0 Å². The van der Waals surface area contributed by atoms with Crippen molar-refractivity contribution in [2.24, 2.45) is 11.8 Å². The molecule has 2 saturated heterocycles. The van der Waals surface area contributed by atoms with Crippen molar-refractivity contribution in [3.05, 3.63) is 59.9 Å². The molecule has 1 aromatic rings. The third-order valence-electron chi connectivity index (χ3n) is 5.97. The van der Waals surface area contributed by atoms with Crippen LogP contribution in [0.25, 0.3) is 0 Å². The maximum Gasteiger partial charge on any atom is 0.0917 e. The van der Waals surface area contributed by atoms with E-state index in [1.54, 1.807) is 6.08 Å². The first kappa shape index (κ1) is 19.2. The molecular weight excluding hydrogens is 324 g/mol. The lowest BCUT2D eigenvalue weighted by Crippen LogP contribution is -2.28. The van der Waals surface area contributed by atoms with E-state index in [1.807, 2.05) is 25.1 Å². The van der Waals surface area contributed by atoms with Gasteiger partial charge in [0.15, 0.2) is 0 Å². The van der Waals surface area contributed by atoms with Crippen molar-refractivity contribution in [2.75, 3.05) is 0 Å². The van der Waals surface area contributed by atoms with E-state index in [2.05, 4.69) is 24.3 Å². The molecular formula is C23H32O3. The van der Waals surface area contributed by atoms with E-state index < -0.39 is 0 Å². The quantitative estimate of drug-likeness (QED) is 0.485. The van der Waals surface area contributed by atoms with E-state index >= 15 is 0 Å². The Labute approximate surface area is 157 Å². The molecule has 26 heavy (non-hydrogen) atoms. The van der Waals surface area contributed by atoms with Crippen molar-refractivity contribution in [1.82, 2.24) is 0 Å². The van der Waals surface area contributed by atoms with E-state index in [0.29, 0.717) is 36.2 Å². The van der Waals surface area contributed by atoms with Crippen LogP contribution in [-0.2, 0) is 11.2 Å². The molecule has 0 aliphatic carbocycles. The maximum atomic E-state index is 10.4. The van der Waals surface area contributed by atoms with Crippen molar-refractivity contribution in [1.29, 1.82) is 0 Å². The minimum absolute atomic E-state index is 0.278. The molecule has 0 radical (unpaired) electrons. The second-order valence-corrected chi connectivity index (χ2v) is 7.73. The fourth-order valence-electron chi connectivity index (χ4n) is 4.55. The van der Waals surface area contributed by atoms with Gasteiger partial charge >= 0.3 is 0 Å². The first-order valence-corrected chi connectivity index (χ1v) is 10.0. The van der Waals surface area contributed by atoms with Crippen LogP contribution in [0.5, 0.6) is 0 Å². The van der Waals surface area contributed by atoms with E-state index in [4.69, 9.17) is 4.74 Å². The summed E-state index contributed by atoms with van der Waals surface area (Å²) in [7, 11) is 0. The molecule has 0 spiro atoms. The minimum Gasteiger partial charge on any atom is -0.512 e. The normalized spacial score (nSPS) is 29.5. The smallest absolute Gasteiger partial charge is 0.0917 e. The molecule has 1 aromatic carbocycles. The molecule has 2 aliphatic heterocycles. The lowest BCUT2D eigenvalue weighted by Gasteiger charge is -2.28. The highest BCUT2D eigenvalue weighted by molar-refractivity contribution is 5.15. The zero-order valence-corrected chi connectivity index (χ0v) is 15.8. The van der Waals surface area contributed by atoms with Gasteiger partial charge in [0.05, 0.1) is 24.1 Å². The summed E-state index contributed by atoms with van der Waals surface area (Å²) in [4.78, 5) is 0. The summed E-state index contributed by atoms with van der Waals surface area (Å²) < 4.78 is 6.17. The number of hydrogen-bond acceptors (Lipinski definition) is 3. The molecule has 0 amide bonds. The van der Waals surface area contributed by atoms with Crippen LogP contribution >= 0.6 is 0 Å². The molecule has 2 fully saturated rings. The van der Waals surface area contributed by atoms with Crippen LogP contribution in [0.1, 0.15) is 51.0 Å². The van der Waals surface area contributed by atoms with Gasteiger partial charge in [-0.15, -0.1) is 0 Å². The molecule has 3 nitrogen and oxygen atoms in total. The molecule has 142 valence electrons. The number of aliphatic hydroxyl groups is 2. The molecule has 2 heterocycles. The number of fused-ring (bicyclic) bond motifs is 2. The highest BCUT2D eigenvalue weighted by atomic mass is 16.5. The fraction of sp³-hybridized carbons (Fsp3) is 0.565. The van der Waals surface area contributed by atoms with Crippen LogP contribution < -0.4 is 0 Å². The Morgan fingerprint density at radius 3 is 2.62 bits per heavy atom. The van der Waals surface area contributed by atoms with E-state index in [1.165, 1.54) is 18.4 Å². The van der Waals surface area contributed by atoms with E-state index in [0.717, 1.165) is 25.7 Å². The molecule has 2 aliphatic rings. The summed E-state index contributed by atoms with van der Waals surface area (Å²) >= 11 is 0. The van der Waals surface area contributed by atoms with E-state index in [-0.39, 0.29) is 6.10 Å². The zero-order valence-electron chi connectivity index (χ0n) is 15.8. The first-order chi connectivity index (χ1) is 12.7. The molecule has 1 unspecified atom stereocenters. The van der Waals surface area contributed by atoms with Crippen molar-refractivity contribution in [3.63, 3.8) is 0 Å². The van der Waals surface area contributed by atoms with Crippen LogP contribution in [0, 0.1) is 11.8 Å². The van der Waals surface area contributed by atoms with Gasteiger partial charge < -0.3 is 14.9 Å².